The highest BCUT2D eigenvalue weighted by Gasteiger charge is 2.21. The fourth-order valence-electron chi connectivity index (χ4n) is 2.48. The predicted octanol–water partition coefficient (Wildman–Crippen LogP) is 0.987. The molecule has 0 bridgehead atoms. The van der Waals surface area contributed by atoms with Crippen LogP contribution >= 0.6 is 11.8 Å². The second kappa shape index (κ2) is 14.0. The number of hydrogen-bond acceptors (Lipinski definition) is 5. The van der Waals surface area contributed by atoms with Gasteiger partial charge in [0.15, 0.2) is 0 Å². The van der Waals surface area contributed by atoms with E-state index in [1.165, 1.54) is 11.8 Å². The van der Waals surface area contributed by atoms with Crippen molar-refractivity contribution in [1.82, 2.24) is 5.32 Å². The number of carbonyl (C=O) groups excluding carboxylic acids is 2. The third kappa shape index (κ3) is 9.26. The number of thioether (sulfide) groups is 1. The molecule has 1 amide bonds. The van der Waals surface area contributed by atoms with E-state index >= 15 is 0 Å². The molecule has 0 spiro atoms. The summed E-state index contributed by atoms with van der Waals surface area (Å²) in [6.45, 7) is 0.740. The van der Waals surface area contributed by atoms with Crippen LogP contribution in [-0.4, -0.2) is 23.8 Å². The van der Waals surface area contributed by atoms with Crippen molar-refractivity contribution in [1.29, 1.82) is 0 Å². The number of rotatable bonds is 10. The van der Waals surface area contributed by atoms with Gasteiger partial charge in [-0.05, 0) is 36.9 Å². The van der Waals surface area contributed by atoms with Gasteiger partial charge in [-0.15, -0.1) is 0 Å². The van der Waals surface area contributed by atoms with Gasteiger partial charge in [0, 0.05) is 5.75 Å². The normalized spacial score (nSPS) is 11.2. The van der Waals surface area contributed by atoms with E-state index in [1.807, 2.05) is 60.7 Å². The molecule has 0 fully saturated rings. The van der Waals surface area contributed by atoms with Gasteiger partial charge in [0.05, 0.1) is 0 Å². The molecule has 2 aromatic carbocycles. The molecule has 0 radical (unpaired) electrons. The number of alkyl carbamates (subject to hydrolysis) is 1. The summed E-state index contributed by atoms with van der Waals surface area (Å²) in [5.41, 5.74) is 7.51. The highest BCUT2D eigenvalue weighted by molar-refractivity contribution is 8.13. The lowest BCUT2D eigenvalue weighted by molar-refractivity contribution is -0.112. The highest BCUT2D eigenvalue weighted by Crippen LogP contribution is 2.17. The second-order valence-corrected chi connectivity index (χ2v) is 7.12. The molecule has 28 heavy (non-hydrogen) atoms. The summed E-state index contributed by atoms with van der Waals surface area (Å²) in [4.78, 5) is 24.7. The van der Waals surface area contributed by atoms with Crippen molar-refractivity contribution < 1.29 is 28.2 Å². The van der Waals surface area contributed by atoms with E-state index in [0.717, 1.165) is 24.0 Å². The van der Waals surface area contributed by atoms with E-state index in [4.69, 9.17) is 10.5 Å². The van der Waals surface area contributed by atoms with Crippen LogP contribution < -0.4 is 23.5 Å². The zero-order valence-electron chi connectivity index (χ0n) is 16.7. The van der Waals surface area contributed by atoms with Crippen molar-refractivity contribution in [2.45, 2.75) is 37.7 Å². The highest BCUT2D eigenvalue weighted by atomic mass is 35.5. The number of hydrogen-bond donors (Lipinski definition) is 2. The number of halogens is 1. The van der Waals surface area contributed by atoms with Crippen molar-refractivity contribution in [3.63, 3.8) is 0 Å². The smallest absolute Gasteiger partial charge is 1.00 e. The van der Waals surface area contributed by atoms with Crippen LogP contribution in [0.15, 0.2) is 60.7 Å². The molecule has 5 nitrogen and oxygen atoms in total. The fraction of sp³-hybridized carbons (Fsp3) is 0.333. The molecule has 3 N–H and O–H groups in total. The van der Waals surface area contributed by atoms with Crippen molar-refractivity contribution in [3.8, 4) is 0 Å². The van der Waals surface area contributed by atoms with E-state index in [0.29, 0.717) is 18.7 Å². The summed E-state index contributed by atoms with van der Waals surface area (Å²) in [5.74, 6) is 0.577. The van der Waals surface area contributed by atoms with Gasteiger partial charge in [-0.25, -0.2) is 4.79 Å². The van der Waals surface area contributed by atoms with Gasteiger partial charge in [-0.1, -0.05) is 72.4 Å². The molecule has 0 aromatic heterocycles. The van der Waals surface area contributed by atoms with Crippen LogP contribution in [0.1, 0.15) is 31.8 Å². The number of nitrogens with two attached hydrogens (primary N) is 1. The standard InChI is InChI=1S/C21H26N2O3S.ClH/c22-14-8-7-13-19(20(24)27-16-18-11-5-2-6-12-18)23-21(25)26-15-17-9-3-1-4-10-17;/h1-6,9-12,19H,7-8,13-16,22H2,(H,23,25);1H/t19-;/m0./s1. The molecular weight excluding hydrogens is 396 g/mol. The average molecular weight is 423 g/mol. The predicted molar refractivity (Wildman–Crippen MR) is 110 cm³/mol. The molecule has 0 heterocycles. The summed E-state index contributed by atoms with van der Waals surface area (Å²) in [6.07, 6.45) is 1.56. The Morgan fingerprint density at radius 1 is 1.00 bits per heavy atom. The van der Waals surface area contributed by atoms with E-state index in [-0.39, 0.29) is 25.6 Å². The summed E-state index contributed by atoms with van der Waals surface area (Å²) < 4.78 is 5.24. The third-order valence-electron chi connectivity index (χ3n) is 3.96. The van der Waals surface area contributed by atoms with Crippen molar-refractivity contribution >= 4 is 23.0 Å². The number of ether oxygens (including phenoxy) is 1. The molecule has 0 aliphatic rings. The number of benzene rings is 2. The zero-order valence-corrected chi connectivity index (χ0v) is 17.3. The molecule has 7 heteroatoms. The van der Waals surface area contributed by atoms with Gasteiger partial charge < -0.3 is 28.2 Å². The molecule has 0 aliphatic carbocycles. The molecule has 1 atom stereocenters. The molecule has 0 saturated heterocycles. The van der Waals surface area contributed by atoms with Gasteiger partial charge in [0.1, 0.15) is 12.6 Å². The number of amides is 1. The fourth-order valence-corrected chi connectivity index (χ4v) is 3.36. The Kier molecular flexibility index (Phi) is 12.0. The Labute approximate surface area is 178 Å². The molecule has 2 aromatic rings. The number of nitrogens with one attached hydrogen (secondary N) is 1. The summed E-state index contributed by atoms with van der Waals surface area (Å²) in [5, 5.41) is 2.65. The van der Waals surface area contributed by atoms with Crippen LogP contribution in [0.2, 0.25) is 0 Å². The lowest BCUT2D eigenvalue weighted by Crippen LogP contribution is -3.00. The quantitative estimate of drug-likeness (QED) is 0.558. The number of unbranched alkanes of at least 4 members (excludes halogenated alkanes) is 1. The Morgan fingerprint density at radius 3 is 2.21 bits per heavy atom. The lowest BCUT2D eigenvalue weighted by Gasteiger charge is -2.17. The Bertz CT molecular complexity index is 708. The van der Waals surface area contributed by atoms with Crippen molar-refractivity contribution in [2.24, 2.45) is 5.73 Å². The summed E-state index contributed by atoms with van der Waals surface area (Å²) in [6, 6.07) is 18.6. The second-order valence-electron chi connectivity index (χ2n) is 6.14. The van der Waals surface area contributed by atoms with E-state index in [1.54, 1.807) is 0 Å². The van der Waals surface area contributed by atoms with E-state index in [9.17, 15) is 9.59 Å². The topological polar surface area (TPSA) is 81.4 Å². The lowest BCUT2D eigenvalue weighted by atomic mass is 10.1. The largest absolute Gasteiger partial charge is 1.00 e. The summed E-state index contributed by atoms with van der Waals surface area (Å²) >= 11 is 1.21. The van der Waals surface area contributed by atoms with Crippen molar-refractivity contribution in [3.05, 3.63) is 71.8 Å². The van der Waals surface area contributed by atoms with Gasteiger partial charge >= 0.3 is 7.52 Å². The Balaban J connectivity index is 0.00000392. The van der Waals surface area contributed by atoms with Crippen LogP contribution in [0.25, 0.3) is 0 Å². The Morgan fingerprint density at radius 2 is 1.61 bits per heavy atom. The SMILES string of the molecule is NCCCC[C@H](NC(=O)OCc1ccccc1)C(=O)SCc1ccccc1.[Cl-].[H+]. The average Bonchev–Trinajstić information content (AvgIpc) is 2.71. The minimum absolute atomic E-state index is 0. The molecule has 0 aliphatic heterocycles. The summed E-state index contributed by atoms with van der Waals surface area (Å²) in [7, 11) is 0. The Hall–Kier alpha value is -2.02. The minimum Gasteiger partial charge on any atom is -1.00 e. The maximum absolute atomic E-state index is 12.6. The van der Waals surface area contributed by atoms with E-state index < -0.39 is 12.1 Å². The molecule has 152 valence electrons. The van der Waals surface area contributed by atoms with Gasteiger partial charge in [0.25, 0.3) is 0 Å². The third-order valence-corrected chi connectivity index (χ3v) is 5.01. The maximum atomic E-state index is 12.6. The van der Waals surface area contributed by atoms with Crippen molar-refractivity contribution in [2.75, 3.05) is 6.54 Å². The first-order valence-corrected chi connectivity index (χ1v) is 10.1. The molecular formula is C21H27ClN2O3S. The van der Waals surface area contributed by atoms with Crippen LogP contribution in [0.5, 0.6) is 0 Å². The molecule has 0 unspecified atom stereocenters. The maximum Gasteiger partial charge on any atom is 1.00 e. The van der Waals surface area contributed by atoms with E-state index in [2.05, 4.69) is 5.32 Å². The first kappa shape index (κ1) is 24.0. The van der Waals surface area contributed by atoms with Crippen LogP contribution in [0.4, 0.5) is 4.79 Å². The zero-order chi connectivity index (χ0) is 19.3. The van der Waals surface area contributed by atoms with Crippen LogP contribution in [0, 0.1) is 0 Å². The van der Waals surface area contributed by atoms with Gasteiger partial charge in [-0.2, -0.15) is 0 Å². The number of carbonyl (C=O) groups is 2. The molecule has 2 rings (SSSR count). The first-order valence-electron chi connectivity index (χ1n) is 9.07. The monoisotopic (exact) mass is 422 g/mol. The van der Waals surface area contributed by atoms with Gasteiger partial charge in [0.2, 0.25) is 5.12 Å². The van der Waals surface area contributed by atoms with Crippen LogP contribution in [0.3, 0.4) is 0 Å². The minimum atomic E-state index is -0.578. The van der Waals surface area contributed by atoms with Gasteiger partial charge in [-0.3, -0.25) is 4.79 Å². The van der Waals surface area contributed by atoms with Crippen LogP contribution in [-0.2, 0) is 21.9 Å². The first-order chi connectivity index (χ1) is 13.2. The molecule has 0 saturated carbocycles.